The van der Waals surface area contributed by atoms with Crippen LogP contribution in [0.3, 0.4) is 0 Å². The number of fused-ring (bicyclic) bond motifs is 2. The zero-order valence-corrected chi connectivity index (χ0v) is 7.84. The molecule has 4 N–H and O–H groups in total. The molecule has 2 aliphatic rings. The number of hydrogen-bond acceptors (Lipinski definition) is 3. The summed E-state index contributed by atoms with van der Waals surface area (Å²) in [6, 6.07) is -1.15. The average Bonchev–Trinajstić information content (AvgIpc) is 2.76. The van der Waals surface area contributed by atoms with Gasteiger partial charge in [0.15, 0.2) is 0 Å². The second kappa shape index (κ2) is 3.37. The third-order valence-corrected chi connectivity index (χ3v) is 3.42. The maximum Gasteiger partial charge on any atom is 0.323 e. The van der Waals surface area contributed by atoms with E-state index in [9.17, 15) is 9.90 Å². The van der Waals surface area contributed by atoms with Gasteiger partial charge >= 0.3 is 5.97 Å². The number of carboxylic acid groups (broad SMARTS) is 1. The lowest BCUT2D eigenvalue weighted by Gasteiger charge is -2.26. The van der Waals surface area contributed by atoms with Gasteiger partial charge in [-0.1, -0.05) is 12.2 Å². The van der Waals surface area contributed by atoms with Crippen molar-refractivity contribution < 1.29 is 15.0 Å². The molecule has 0 aromatic carbocycles. The molecule has 2 bridgehead atoms. The van der Waals surface area contributed by atoms with Gasteiger partial charge in [-0.2, -0.15) is 0 Å². The molecule has 0 amide bonds. The lowest BCUT2D eigenvalue weighted by atomic mass is 9.85. The summed E-state index contributed by atoms with van der Waals surface area (Å²) in [7, 11) is 0. The van der Waals surface area contributed by atoms with Crippen LogP contribution in [-0.4, -0.2) is 28.3 Å². The highest BCUT2D eigenvalue weighted by Crippen LogP contribution is 2.45. The summed E-state index contributed by atoms with van der Waals surface area (Å²) in [4.78, 5) is 10.6. The summed E-state index contributed by atoms with van der Waals surface area (Å²) < 4.78 is 0. The number of aliphatic hydroxyl groups excluding tert-OH is 1. The Bertz CT molecular complexity index is 277. The summed E-state index contributed by atoms with van der Waals surface area (Å²) >= 11 is 0. The van der Waals surface area contributed by atoms with E-state index < -0.39 is 18.1 Å². The SMILES string of the molecule is N[C@@H](C(=O)O)[C@H](O)C1CC2C=CC1C2. The quantitative estimate of drug-likeness (QED) is 0.555. The Labute approximate surface area is 82.4 Å². The Morgan fingerprint density at radius 2 is 2.14 bits per heavy atom. The molecule has 0 aromatic rings. The minimum Gasteiger partial charge on any atom is -0.480 e. The average molecular weight is 197 g/mol. The van der Waals surface area contributed by atoms with Gasteiger partial charge in [-0.15, -0.1) is 0 Å². The predicted molar refractivity (Wildman–Crippen MR) is 50.5 cm³/mol. The molecular formula is C10H15NO3. The fourth-order valence-electron chi connectivity index (χ4n) is 2.63. The molecule has 1 saturated carbocycles. The van der Waals surface area contributed by atoms with Crippen molar-refractivity contribution in [2.45, 2.75) is 25.0 Å². The minimum absolute atomic E-state index is 0.0381. The van der Waals surface area contributed by atoms with Crippen LogP contribution >= 0.6 is 0 Å². The topological polar surface area (TPSA) is 83.6 Å². The molecule has 5 atom stereocenters. The van der Waals surface area contributed by atoms with Crippen molar-refractivity contribution in [1.82, 2.24) is 0 Å². The molecule has 0 aliphatic heterocycles. The molecule has 78 valence electrons. The summed E-state index contributed by atoms with van der Waals surface area (Å²) in [6.45, 7) is 0. The van der Waals surface area contributed by atoms with E-state index in [1.807, 2.05) is 0 Å². The molecule has 0 radical (unpaired) electrons. The van der Waals surface area contributed by atoms with Crippen LogP contribution in [0.5, 0.6) is 0 Å². The highest BCUT2D eigenvalue weighted by Gasteiger charge is 2.42. The van der Waals surface area contributed by atoms with Crippen molar-refractivity contribution in [2.75, 3.05) is 0 Å². The number of carbonyl (C=O) groups is 1. The maximum absolute atomic E-state index is 10.6. The van der Waals surface area contributed by atoms with Gasteiger partial charge < -0.3 is 15.9 Å². The molecule has 14 heavy (non-hydrogen) atoms. The van der Waals surface area contributed by atoms with E-state index in [0.29, 0.717) is 11.8 Å². The summed E-state index contributed by atoms with van der Waals surface area (Å²) in [6.07, 6.45) is 5.25. The molecular weight excluding hydrogens is 182 g/mol. The first-order valence-electron chi connectivity index (χ1n) is 4.94. The number of aliphatic hydroxyl groups is 1. The van der Waals surface area contributed by atoms with E-state index in [2.05, 4.69) is 12.2 Å². The van der Waals surface area contributed by atoms with Crippen molar-refractivity contribution in [3.63, 3.8) is 0 Å². The normalized spacial score (nSPS) is 38.6. The third-order valence-electron chi connectivity index (χ3n) is 3.42. The minimum atomic E-state index is -1.15. The lowest BCUT2D eigenvalue weighted by molar-refractivity contribution is -0.142. The molecule has 2 rings (SSSR count). The highest BCUT2D eigenvalue weighted by molar-refractivity contribution is 5.74. The smallest absolute Gasteiger partial charge is 0.323 e. The van der Waals surface area contributed by atoms with Gasteiger partial charge in [0.25, 0.3) is 0 Å². The Hall–Kier alpha value is -0.870. The zero-order valence-electron chi connectivity index (χ0n) is 7.84. The molecule has 2 aliphatic carbocycles. The van der Waals surface area contributed by atoms with Crippen molar-refractivity contribution in [3.8, 4) is 0 Å². The van der Waals surface area contributed by atoms with E-state index in [-0.39, 0.29) is 5.92 Å². The molecule has 0 saturated heterocycles. The molecule has 0 heterocycles. The van der Waals surface area contributed by atoms with Crippen molar-refractivity contribution in [1.29, 1.82) is 0 Å². The molecule has 0 spiro atoms. The summed E-state index contributed by atoms with van der Waals surface area (Å²) in [5, 5.41) is 18.5. The zero-order chi connectivity index (χ0) is 10.3. The Balaban J connectivity index is 2.02. The van der Waals surface area contributed by atoms with Gasteiger partial charge in [-0.05, 0) is 30.6 Å². The van der Waals surface area contributed by atoms with Crippen LogP contribution in [0.15, 0.2) is 12.2 Å². The molecule has 4 nitrogen and oxygen atoms in total. The number of nitrogens with two attached hydrogens (primary N) is 1. The van der Waals surface area contributed by atoms with Gasteiger partial charge in [0, 0.05) is 0 Å². The van der Waals surface area contributed by atoms with Crippen LogP contribution < -0.4 is 5.73 Å². The standard InChI is InChI=1S/C10H15NO3/c11-8(10(13)14)9(12)7-4-5-1-2-6(7)3-5/h1-2,5-9,12H,3-4,11H2,(H,13,14)/t5?,6?,7?,8-,9-/m1/s1. The van der Waals surface area contributed by atoms with E-state index >= 15 is 0 Å². The van der Waals surface area contributed by atoms with Gasteiger partial charge in [-0.25, -0.2) is 0 Å². The van der Waals surface area contributed by atoms with Gasteiger partial charge in [0.05, 0.1) is 6.10 Å². The van der Waals surface area contributed by atoms with E-state index in [4.69, 9.17) is 10.8 Å². The van der Waals surface area contributed by atoms with Crippen molar-refractivity contribution in [2.24, 2.45) is 23.5 Å². The van der Waals surface area contributed by atoms with Gasteiger partial charge in [-0.3, -0.25) is 4.79 Å². The number of carboxylic acids is 1. The Morgan fingerprint density at radius 3 is 2.57 bits per heavy atom. The van der Waals surface area contributed by atoms with E-state index in [1.54, 1.807) is 0 Å². The highest BCUT2D eigenvalue weighted by atomic mass is 16.4. The lowest BCUT2D eigenvalue weighted by Crippen LogP contribution is -2.46. The van der Waals surface area contributed by atoms with Crippen LogP contribution in [0, 0.1) is 17.8 Å². The van der Waals surface area contributed by atoms with Crippen molar-refractivity contribution >= 4 is 5.97 Å². The number of aliphatic carboxylic acids is 1. The Kier molecular flexibility index (Phi) is 2.33. The van der Waals surface area contributed by atoms with Gasteiger partial charge in [0.2, 0.25) is 0 Å². The van der Waals surface area contributed by atoms with Gasteiger partial charge in [0.1, 0.15) is 6.04 Å². The first-order chi connectivity index (χ1) is 6.59. The third kappa shape index (κ3) is 1.44. The van der Waals surface area contributed by atoms with E-state index in [0.717, 1.165) is 12.8 Å². The second-order valence-corrected chi connectivity index (χ2v) is 4.30. The maximum atomic E-state index is 10.6. The monoisotopic (exact) mass is 197 g/mol. The fourth-order valence-corrected chi connectivity index (χ4v) is 2.63. The number of rotatable bonds is 3. The predicted octanol–water partition coefficient (Wildman–Crippen LogP) is -0.0286. The van der Waals surface area contributed by atoms with Crippen molar-refractivity contribution in [3.05, 3.63) is 12.2 Å². The first-order valence-corrected chi connectivity index (χ1v) is 4.94. The fraction of sp³-hybridized carbons (Fsp3) is 0.700. The molecule has 1 fully saturated rings. The van der Waals surface area contributed by atoms with E-state index in [1.165, 1.54) is 0 Å². The van der Waals surface area contributed by atoms with Crippen LogP contribution in [0.4, 0.5) is 0 Å². The Morgan fingerprint density at radius 1 is 1.43 bits per heavy atom. The molecule has 0 aromatic heterocycles. The van der Waals surface area contributed by atoms with Crippen LogP contribution in [0.1, 0.15) is 12.8 Å². The van der Waals surface area contributed by atoms with Crippen LogP contribution in [0.2, 0.25) is 0 Å². The van der Waals surface area contributed by atoms with Crippen LogP contribution in [-0.2, 0) is 4.79 Å². The second-order valence-electron chi connectivity index (χ2n) is 4.30. The summed E-state index contributed by atoms with van der Waals surface area (Å²) in [5.41, 5.74) is 5.40. The summed E-state index contributed by atoms with van der Waals surface area (Å²) in [5.74, 6) is -0.221. The number of allylic oxidation sites excluding steroid dienone is 2. The molecule has 4 heteroatoms. The molecule has 3 unspecified atom stereocenters. The number of hydrogen-bond donors (Lipinski definition) is 3. The first kappa shape index (κ1) is 9.68. The largest absolute Gasteiger partial charge is 0.480 e. The van der Waals surface area contributed by atoms with Crippen LogP contribution in [0.25, 0.3) is 0 Å².